The van der Waals surface area contributed by atoms with Crippen LogP contribution in [0.1, 0.15) is 17.3 Å². The molecule has 1 aliphatic heterocycles. The second-order valence-electron chi connectivity index (χ2n) is 6.45. The summed E-state index contributed by atoms with van der Waals surface area (Å²) in [6.45, 7) is 9.02. The SMILES string of the molecule is C=C(C)CN1CCN(C(=O)c2cc3cc([N+](=O)[O-])ccc3oc2=O)CC1. The number of benzene rings is 1. The van der Waals surface area contributed by atoms with Crippen molar-refractivity contribution in [2.75, 3.05) is 32.7 Å². The van der Waals surface area contributed by atoms with E-state index in [4.69, 9.17) is 4.42 Å². The molecule has 8 heteroatoms. The summed E-state index contributed by atoms with van der Waals surface area (Å²) < 4.78 is 5.17. The van der Waals surface area contributed by atoms with Gasteiger partial charge in [0.25, 0.3) is 11.6 Å². The van der Waals surface area contributed by atoms with Crippen LogP contribution < -0.4 is 5.63 Å². The molecule has 3 rings (SSSR count). The molecular weight excluding hydrogens is 338 g/mol. The number of piperazine rings is 1. The molecule has 0 aliphatic carbocycles. The Balaban J connectivity index is 1.84. The molecule has 8 nitrogen and oxygen atoms in total. The fraction of sp³-hybridized carbons (Fsp3) is 0.333. The van der Waals surface area contributed by atoms with E-state index in [9.17, 15) is 19.7 Å². The number of carbonyl (C=O) groups is 1. The number of nitro benzene ring substituents is 1. The molecule has 1 aromatic carbocycles. The number of rotatable bonds is 4. The maximum absolute atomic E-state index is 12.7. The summed E-state index contributed by atoms with van der Waals surface area (Å²) in [4.78, 5) is 39.1. The van der Waals surface area contributed by atoms with E-state index in [-0.39, 0.29) is 16.8 Å². The molecule has 26 heavy (non-hydrogen) atoms. The maximum Gasteiger partial charge on any atom is 0.349 e. The van der Waals surface area contributed by atoms with Crippen molar-refractivity contribution >= 4 is 22.6 Å². The van der Waals surface area contributed by atoms with Gasteiger partial charge in [-0.3, -0.25) is 19.8 Å². The van der Waals surface area contributed by atoms with Crippen LogP contribution in [0, 0.1) is 10.1 Å². The normalized spacial score (nSPS) is 15.2. The average Bonchev–Trinajstić information content (AvgIpc) is 2.60. The van der Waals surface area contributed by atoms with E-state index in [0.717, 1.165) is 12.1 Å². The predicted octanol–water partition coefficient (Wildman–Crippen LogP) is 2.04. The van der Waals surface area contributed by atoms with E-state index in [1.165, 1.54) is 24.3 Å². The van der Waals surface area contributed by atoms with Gasteiger partial charge in [-0.25, -0.2) is 4.79 Å². The molecule has 1 saturated heterocycles. The van der Waals surface area contributed by atoms with Gasteiger partial charge < -0.3 is 9.32 Å². The summed E-state index contributed by atoms with van der Waals surface area (Å²) in [5.74, 6) is -0.415. The van der Waals surface area contributed by atoms with Crippen LogP contribution in [-0.4, -0.2) is 53.4 Å². The Morgan fingerprint density at radius 1 is 1.27 bits per heavy atom. The Morgan fingerprint density at radius 3 is 2.58 bits per heavy atom. The first-order chi connectivity index (χ1) is 12.3. The lowest BCUT2D eigenvalue weighted by atomic mass is 10.1. The molecule has 0 atom stereocenters. The first-order valence-electron chi connectivity index (χ1n) is 8.23. The third-order valence-corrected chi connectivity index (χ3v) is 4.31. The van der Waals surface area contributed by atoms with Gasteiger partial charge in [0.2, 0.25) is 0 Å². The van der Waals surface area contributed by atoms with Crippen LogP contribution in [0.4, 0.5) is 5.69 Å². The van der Waals surface area contributed by atoms with E-state index < -0.39 is 16.5 Å². The van der Waals surface area contributed by atoms with E-state index in [1.54, 1.807) is 4.90 Å². The first-order valence-corrected chi connectivity index (χ1v) is 8.23. The van der Waals surface area contributed by atoms with Gasteiger partial charge in [-0.05, 0) is 19.1 Å². The van der Waals surface area contributed by atoms with Crippen molar-refractivity contribution in [3.8, 4) is 0 Å². The van der Waals surface area contributed by atoms with Crippen molar-refractivity contribution in [1.82, 2.24) is 9.80 Å². The quantitative estimate of drug-likeness (QED) is 0.359. The van der Waals surface area contributed by atoms with E-state index >= 15 is 0 Å². The molecular formula is C18H19N3O5. The molecule has 1 aliphatic rings. The fourth-order valence-electron chi connectivity index (χ4n) is 3.03. The van der Waals surface area contributed by atoms with Gasteiger partial charge in [0, 0.05) is 50.2 Å². The van der Waals surface area contributed by atoms with Gasteiger partial charge in [-0.15, -0.1) is 0 Å². The smallest absolute Gasteiger partial charge is 0.349 e. The summed E-state index contributed by atoms with van der Waals surface area (Å²) in [6.07, 6.45) is 0. The van der Waals surface area contributed by atoms with Crippen LogP contribution >= 0.6 is 0 Å². The molecule has 0 spiro atoms. The number of amides is 1. The highest BCUT2D eigenvalue weighted by Gasteiger charge is 2.25. The molecule has 0 radical (unpaired) electrons. The second-order valence-corrected chi connectivity index (χ2v) is 6.45. The third kappa shape index (κ3) is 3.65. The van der Waals surface area contributed by atoms with Crippen LogP contribution in [0.15, 0.2) is 45.6 Å². The zero-order chi connectivity index (χ0) is 18.8. The molecule has 0 saturated carbocycles. The fourth-order valence-corrected chi connectivity index (χ4v) is 3.03. The van der Waals surface area contributed by atoms with Gasteiger partial charge in [-0.2, -0.15) is 0 Å². The van der Waals surface area contributed by atoms with Crippen LogP contribution in [0.25, 0.3) is 11.0 Å². The Morgan fingerprint density at radius 2 is 1.96 bits per heavy atom. The van der Waals surface area contributed by atoms with E-state index in [0.29, 0.717) is 31.6 Å². The zero-order valence-electron chi connectivity index (χ0n) is 14.4. The molecule has 0 bridgehead atoms. The van der Waals surface area contributed by atoms with Gasteiger partial charge in [0.15, 0.2) is 0 Å². The van der Waals surface area contributed by atoms with Crippen molar-refractivity contribution in [2.45, 2.75) is 6.92 Å². The number of carbonyl (C=O) groups excluding carboxylic acids is 1. The number of hydrogen-bond donors (Lipinski definition) is 0. The molecule has 1 amide bonds. The van der Waals surface area contributed by atoms with E-state index in [1.807, 2.05) is 6.92 Å². The molecule has 136 valence electrons. The van der Waals surface area contributed by atoms with Gasteiger partial charge in [0.1, 0.15) is 11.1 Å². The summed E-state index contributed by atoms with van der Waals surface area (Å²) in [5.41, 5.74) is 0.301. The number of non-ortho nitro benzene ring substituents is 1. The minimum absolute atomic E-state index is 0.105. The summed E-state index contributed by atoms with van der Waals surface area (Å²) in [7, 11) is 0. The minimum atomic E-state index is -0.735. The summed E-state index contributed by atoms with van der Waals surface area (Å²) >= 11 is 0. The molecule has 1 fully saturated rings. The number of nitrogens with zero attached hydrogens (tertiary/aromatic N) is 3. The number of nitro groups is 1. The lowest BCUT2D eigenvalue weighted by molar-refractivity contribution is -0.384. The van der Waals surface area contributed by atoms with Crippen molar-refractivity contribution in [3.63, 3.8) is 0 Å². The van der Waals surface area contributed by atoms with Crippen LogP contribution in [0.5, 0.6) is 0 Å². The largest absolute Gasteiger partial charge is 0.422 e. The van der Waals surface area contributed by atoms with E-state index in [2.05, 4.69) is 11.5 Å². The highest BCUT2D eigenvalue weighted by atomic mass is 16.6. The summed E-state index contributed by atoms with van der Waals surface area (Å²) in [5, 5.41) is 11.3. The van der Waals surface area contributed by atoms with Gasteiger partial charge in [0.05, 0.1) is 4.92 Å². The Hall–Kier alpha value is -3.00. The summed E-state index contributed by atoms with van der Waals surface area (Å²) in [6, 6.07) is 5.28. The van der Waals surface area contributed by atoms with Gasteiger partial charge in [-0.1, -0.05) is 12.2 Å². The predicted molar refractivity (Wildman–Crippen MR) is 96.3 cm³/mol. The lowest BCUT2D eigenvalue weighted by Gasteiger charge is -2.34. The van der Waals surface area contributed by atoms with Crippen LogP contribution in [0.2, 0.25) is 0 Å². The monoisotopic (exact) mass is 357 g/mol. The number of fused-ring (bicyclic) bond motifs is 1. The highest BCUT2D eigenvalue weighted by molar-refractivity contribution is 5.97. The molecule has 2 heterocycles. The minimum Gasteiger partial charge on any atom is -0.422 e. The van der Waals surface area contributed by atoms with Crippen molar-refractivity contribution in [1.29, 1.82) is 0 Å². The average molecular weight is 357 g/mol. The Kier molecular flexibility index (Phi) is 4.85. The van der Waals surface area contributed by atoms with Crippen molar-refractivity contribution in [2.24, 2.45) is 0 Å². The lowest BCUT2D eigenvalue weighted by Crippen LogP contribution is -2.49. The van der Waals surface area contributed by atoms with Crippen LogP contribution in [-0.2, 0) is 0 Å². The van der Waals surface area contributed by atoms with Crippen molar-refractivity contribution < 1.29 is 14.1 Å². The first kappa shape index (κ1) is 17.8. The Bertz CT molecular complexity index is 941. The third-order valence-electron chi connectivity index (χ3n) is 4.31. The van der Waals surface area contributed by atoms with Crippen LogP contribution in [0.3, 0.4) is 0 Å². The molecule has 2 aromatic rings. The van der Waals surface area contributed by atoms with Gasteiger partial charge >= 0.3 is 5.63 Å². The Labute approximate surface area is 149 Å². The zero-order valence-corrected chi connectivity index (χ0v) is 14.4. The van der Waals surface area contributed by atoms with Crippen molar-refractivity contribution in [3.05, 3.63) is 62.5 Å². The topological polar surface area (TPSA) is 96.9 Å². The standard InChI is InChI=1S/C18H19N3O5/c1-12(2)11-19-5-7-20(8-6-19)17(22)15-10-13-9-14(21(24)25)3-4-16(13)26-18(15)23/h3-4,9-10H,1,5-8,11H2,2H3. The maximum atomic E-state index is 12.7. The molecule has 0 N–H and O–H groups in total. The highest BCUT2D eigenvalue weighted by Crippen LogP contribution is 2.21. The second kappa shape index (κ2) is 7.09. The number of hydrogen-bond acceptors (Lipinski definition) is 6. The molecule has 1 aromatic heterocycles. The molecule has 0 unspecified atom stereocenters.